The second kappa shape index (κ2) is 7.55. The van der Waals surface area contributed by atoms with Gasteiger partial charge in [-0.05, 0) is 43.0 Å². The lowest BCUT2D eigenvalue weighted by molar-refractivity contribution is -0.125. The minimum absolute atomic E-state index is 0.00494. The topological polar surface area (TPSA) is 92.3 Å². The number of carbonyl (C=O) groups excluding carboxylic acids is 1. The number of nitriles is 1. The summed E-state index contributed by atoms with van der Waals surface area (Å²) >= 11 is 0. The third-order valence-electron chi connectivity index (χ3n) is 5.17. The van der Waals surface area contributed by atoms with Gasteiger partial charge in [-0.25, -0.2) is 9.50 Å². The van der Waals surface area contributed by atoms with Crippen LogP contribution in [-0.2, 0) is 4.79 Å². The number of aromatic nitrogens is 3. The molecular formula is C22H23N5O2. The molecule has 1 aromatic carbocycles. The summed E-state index contributed by atoms with van der Waals surface area (Å²) in [4.78, 5) is 17.1. The molecule has 1 saturated carbocycles. The van der Waals surface area contributed by atoms with E-state index in [2.05, 4.69) is 11.4 Å². The van der Waals surface area contributed by atoms with Gasteiger partial charge in [0.05, 0.1) is 30.5 Å². The van der Waals surface area contributed by atoms with Gasteiger partial charge in [-0.1, -0.05) is 26.0 Å². The van der Waals surface area contributed by atoms with Crippen molar-refractivity contribution in [3.63, 3.8) is 0 Å². The summed E-state index contributed by atoms with van der Waals surface area (Å²) in [5.41, 5.74) is 2.84. The molecule has 1 unspecified atom stereocenters. The van der Waals surface area contributed by atoms with E-state index in [1.165, 1.54) is 0 Å². The summed E-state index contributed by atoms with van der Waals surface area (Å²) in [6.45, 7) is 3.75. The van der Waals surface area contributed by atoms with Gasteiger partial charge in [0.25, 0.3) is 0 Å². The number of nitrogens with zero attached hydrogens (tertiary/aromatic N) is 4. The average molecular weight is 389 g/mol. The van der Waals surface area contributed by atoms with Crippen molar-refractivity contribution in [2.75, 3.05) is 7.11 Å². The van der Waals surface area contributed by atoms with E-state index in [0.29, 0.717) is 28.7 Å². The second-order valence-electron chi connectivity index (χ2n) is 7.66. The van der Waals surface area contributed by atoms with Crippen molar-refractivity contribution in [3.8, 4) is 23.1 Å². The number of methoxy groups -OCH3 is 1. The maximum atomic E-state index is 12.3. The van der Waals surface area contributed by atoms with Crippen LogP contribution in [0.3, 0.4) is 0 Å². The molecule has 0 aliphatic heterocycles. The van der Waals surface area contributed by atoms with Crippen molar-refractivity contribution in [1.82, 2.24) is 19.9 Å². The summed E-state index contributed by atoms with van der Waals surface area (Å²) in [6.07, 6.45) is 2.10. The van der Waals surface area contributed by atoms with Crippen molar-refractivity contribution >= 4 is 11.6 Å². The van der Waals surface area contributed by atoms with Crippen LogP contribution in [0.4, 0.5) is 0 Å². The summed E-state index contributed by atoms with van der Waals surface area (Å²) in [5, 5.41) is 17.1. The predicted octanol–water partition coefficient (Wildman–Crippen LogP) is 3.50. The fourth-order valence-electron chi connectivity index (χ4n) is 3.36. The highest BCUT2D eigenvalue weighted by Crippen LogP contribution is 2.41. The van der Waals surface area contributed by atoms with E-state index < -0.39 is 0 Å². The largest absolute Gasteiger partial charge is 0.493 e. The Morgan fingerprint density at radius 1 is 1.31 bits per heavy atom. The van der Waals surface area contributed by atoms with E-state index in [1.807, 2.05) is 44.2 Å². The van der Waals surface area contributed by atoms with Gasteiger partial charge in [-0.3, -0.25) is 4.79 Å². The van der Waals surface area contributed by atoms with Crippen molar-refractivity contribution in [2.24, 2.45) is 11.8 Å². The first kappa shape index (κ1) is 18.9. The number of nitrogens with one attached hydrogen (secondary N) is 1. The molecule has 1 aliphatic rings. The zero-order valence-electron chi connectivity index (χ0n) is 16.7. The van der Waals surface area contributed by atoms with E-state index >= 15 is 0 Å². The number of amides is 1. The maximum Gasteiger partial charge on any atom is 0.223 e. The van der Waals surface area contributed by atoms with Crippen LogP contribution in [0, 0.1) is 23.2 Å². The molecule has 3 aromatic rings. The lowest BCUT2D eigenvalue weighted by atomic mass is 10.1. The van der Waals surface area contributed by atoms with Crippen molar-refractivity contribution in [3.05, 3.63) is 47.8 Å². The monoisotopic (exact) mass is 389 g/mol. The van der Waals surface area contributed by atoms with Gasteiger partial charge in [0.2, 0.25) is 5.91 Å². The van der Waals surface area contributed by atoms with E-state index in [-0.39, 0.29) is 17.9 Å². The number of hydrogen-bond donors (Lipinski definition) is 1. The van der Waals surface area contributed by atoms with Gasteiger partial charge >= 0.3 is 0 Å². The van der Waals surface area contributed by atoms with Crippen LogP contribution >= 0.6 is 0 Å². The highest BCUT2D eigenvalue weighted by atomic mass is 16.5. The summed E-state index contributed by atoms with van der Waals surface area (Å²) in [5.74, 6) is 1.44. The zero-order valence-corrected chi connectivity index (χ0v) is 16.7. The number of pyridine rings is 1. The summed E-state index contributed by atoms with van der Waals surface area (Å²) in [7, 11) is 1.60. The molecule has 1 N–H and O–H groups in total. The zero-order chi connectivity index (χ0) is 20.5. The van der Waals surface area contributed by atoms with Gasteiger partial charge < -0.3 is 10.1 Å². The number of ether oxygens (including phenoxy) is 1. The molecule has 4 rings (SSSR count). The lowest BCUT2D eigenvalue weighted by Crippen LogP contribution is -2.33. The van der Waals surface area contributed by atoms with Crippen LogP contribution in [0.1, 0.15) is 44.1 Å². The molecule has 1 fully saturated rings. The maximum absolute atomic E-state index is 12.3. The van der Waals surface area contributed by atoms with Crippen LogP contribution in [0.5, 0.6) is 5.75 Å². The Hall–Kier alpha value is -3.40. The number of carbonyl (C=O) groups is 1. The van der Waals surface area contributed by atoms with Crippen molar-refractivity contribution < 1.29 is 9.53 Å². The highest BCUT2D eigenvalue weighted by Gasteiger charge is 2.36. The number of benzene rings is 1. The Morgan fingerprint density at radius 2 is 2.10 bits per heavy atom. The molecule has 0 radical (unpaired) electrons. The minimum atomic E-state index is -0.215. The normalized spacial score (nSPS) is 14.6. The Morgan fingerprint density at radius 3 is 2.76 bits per heavy atom. The molecule has 7 nitrogen and oxygen atoms in total. The molecular weight excluding hydrogens is 366 g/mol. The number of hydrogen-bond acceptors (Lipinski definition) is 5. The number of rotatable bonds is 6. The molecule has 29 heavy (non-hydrogen) atoms. The van der Waals surface area contributed by atoms with Gasteiger partial charge in [-0.2, -0.15) is 5.26 Å². The van der Waals surface area contributed by atoms with Crippen LogP contribution in [0.25, 0.3) is 16.9 Å². The molecule has 148 valence electrons. The second-order valence-corrected chi connectivity index (χ2v) is 7.66. The minimum Gasteiger partial charge on any atom is -0.493 e. The standard InChI is InChI=1S/C22H23N5O2/c1-13(2)22(28)24-19(15-7-8-15)20-25-21-18(29-3)10-9-17(27(21)26-20)16-6-4-5-14(11-16)12-23/h4-6,9-11,13,15,19H,7-8H2,1-3H3,(H,24,28). The summed E-state index contributed by atoms with van der Waals surface area (Å²) < 4.78 is 7.23. The molecule has 0 spiro atoms. The first-order chi connectivity index (χ1) is 14.0. The summed E-state index contributed by atoms with van der Waals surface area (Å²) in [6, 6.07) is 13.1. The molecule has 1 atom stereocenters. The Labute approximate surface area is 169 Å². The molecule has 7 heteroatoms. The molecule has 0 bridgehead atoms. The predicted molar refractivity (Wildman–Crippen MR) is 108 cm³/mol. The van der Waals surface area contributed by atoms with Gasteiger partial charge in [0, 0.05) is 11.5 Å². The van der Waals surface area contributed by atoms with Crippen LogP contribution in [0.2, 0.25) is 0 Å². The molecule has 2 aromatic heterocycles. The third-order valence-corrected chi connectivity index (χ3v) is 5.17. The van der Waals surface area contributed by atoms with E-state index in [1.54, 1.807) is 17.7 Å². The number of fused-ring (bicyclic) bond motifs is 1. The quantitative estimate of drug-likeness (QED) is 0.697. The third kappa shape index (κ3) is 3.66. The van der Waals surface area contributed by atoms with Gasteiger partial charge in [-0.15, -0.1) is 5.10 Å². The molecule has 2 heterocycles. The Balaban J connectivity index is 1.83. The van der Waals surface area contributed by atoms with E-state index in [0.717, 1.165) is 24.1 Å². The fraction of sp³-hybridized carbons (Fsp3) is 0.364. The average Bonchev–Trinajstić information content (AvgIpc) is 3.48. The fourth-order valence-corrected chi connectivity index (χ4v) is 3.36. The van der Waals surface area contributed by atoms with E-state index in [9.17, 15) is 10.1 Å². The Kier molecular flexibility index (Phi) is 4.93. The molecule has 1 amide bonds. The SMILES string of the molecule is COc1ccc(-c2cccc(C#N)c2)n2nc(C(NC(=O)C(C)C)C3CC3)nc12. The van der Waals surface area contributed by atoms with Crippen molar-refractivity contribution in [1.29, 1.82) is 5.26 Å². The van der Waals surface area contributed by atoms with Gasteiger partial charge in [0.1, 0.15) is 0 Å². The first-order valence-electron chi connectivity index (χ1n) is 9.76. The molecule has 0 saturated heterocycles. The van der Waals surface area contributed by atoms with Crippen molar-refractivity contribution in [2.45, 2.75) is 32.7 Å². The van der Waals surface area contributed by atoms with E-state index in [4.69, 9.17) is 14.8 Å². The van der Waals surface area contributed by atoms with Crippen LogP contribution in [0.15, 0.2) is 36.4 Å². The Bertz CT molecular complexity index is 1110. The lowest BCUT2D eigenvalue weighted by Gasteiger charge is -2.16. The van der Waals surface area contributed by atoms with Gasteiger partial charge in [0.15, 0.2) is 17.2 Å². The smallest absolute Gasteiger partial charge is 0.223 e. The van der Waals surface area contributed by atoms with Crippen LogP contribution < -0.4 is 10.1 Å². The first-order valence-corrected chi connectivity index (χ1v) is 9.76. The molecule has 1 aliphatic carbocycles. The highest BCUT2D eigenvalue weighted by molar-refractivity contribution is 5.78. The van der Waals surface area contributed by atoms with Crippen LogP contribution in [-0.4, -0.2) is 27.6 Å².